The van der Waals surface area contributed by atoms with Gasteiger partial charge in [0.05, 0.1) is 23.7 Å². The Morgan fingerprint density at radius 3 is 2.23 bits per heavy atom. The lowest BCUT2D eigenvalue weighted by atomic mass is 10.1. The number of anilines is 1. The number of halogens is 1. The molecule has 0 aliphatic rings. The van der Waals surface area contributed by atoms with Gasteiger partial charge in [0.2, 0.25) is 0 Å². The topological polar surface area (TPSA) is 102 Å². The van der Waals surface area contributed by atoms with Gasteiger partial charge >= 0.3 is 5.97 Å². The molecule has 3 rings (SSSR count). The fraction of sp³-hybridized carbons (Fsp3) is 0.185. The molecule has 0 fully saturated rings. The number of carbonyl (C=O) groups excluding carboxylic acids is 4. The van der Waals surface area contributed by atoms with E-state index in [9.17, 15) is 23.6 Å². The van der Waals surface area contributed by atoms with Gasteiger partial charge in [0.15, 0.2) is 12.4 Å². The molecule has 0 heterocycles. The SMILES string of the molecule is CC(NC(=O)c1ccccc1NC(=O)COC(=O)CCC(=O)c1ccc(F)cc1)c1ccccc1. The molecule has 2 N–H and O–H groups in total. The molecule has 2 amide bonds. The molecule has 1 atom stereocenters. The number of hydrogen-bond acceptors (Lipinski definition) is 5. The molecule has 0 saturated carbocycles. The molecule has 0 aliphatic heterocycles. The minimum absolute atomic E-state index is 0.130. The summed E-state index contributed by atoms with van der Waals surface area (Å²) in [6.45, 7) is 1.29. The van der Waals surface area contributed by atoms with Crippen LogP contribution in [0.4, 0.5) is 10.1 Å². The van der Waals surface area contributed by atoms with E-state index in [2.05, 4.69) is 10.6 Å². The van der Waals surface area contributed by atoms with Crippen molar-refractivity contribution in [3.05, 3.63) is 101 Å². The van der Waals surface area contributed by atoms with Crippen molar-refractivity contribution in [2.75, 3.05) is 11.9 Å². The van der Waals surface area contributed by atoms with Crippen LogP contribution in [0.5, 0.6) is 0 Å². The largest absolute Gasteiger partial charge is 0.456 e. The molecule has 35 heavy (non-hydrogen) atoms. The van der Waals surface area contributed by atoms with Gasteiger partial charge in [-0.25, -0.2) is 4.39 Å². The number of amides is 2. The second kappa shape index (κ2) is 12.2. The van der Waals surface area contributed by atoms with E-state index in [1.165, 1.54) is 12.1 Å². The van der Waals surface area contributed by atoms with Gasteiger partial charge in [0, 0.05) is 12.0 Å². The highest BCUT2D eigenvalue weighted by Gasteiger charge is 2.17. The fourth-order valence-corrected chi connectivity index (χ4v) is 3.29. The highest BCUT2D eigenvalue weighted by Crippen LogP contribution is 2.18. The monoisotopic (exact) mass is 476 g/mol. The first-order valence-corrected chi connectivity index (χ1v) is 11.0. The van der Waals surface area contributed by atoms with Gasteiger partial charge in [0.1, 0.15) is 5.82 Å². The van der Waals surface area contributed by atoms with Crippen LogP contribution >= 0.6 is 0 Å². The minimum atomic E-state index is -0.724. The summed E-state index contributed by atoms with van der Waals surface area (Å²) in [5.74, 6) is -2.51. The lowest BCUT2D eigenvalue weighted by molar-refractivity contribution is -0.147. The molecule has 0 aliphatic carbocycles. The van der Waals surface area contributed by atoms with Crippen molar-refractivity contribution in [1.29, 1.82) is 0 Å². The Balaban J connectivity index is 1.49. The van der Waals surface area contributed by atoms with Crippen LogP contribution in [-0.2, 0) is 14.3 Å². The zero-order valence-electron chi connectivity index (χ0n) is 19.1. The molecule has 0 spiro atoms. The van der Waals surface area contributed by atoms with Gasteiger partial charge in [0.25, 0.3) is 11.8 Å². The number of para-hydroxylation sites is 1. The molecular weight excluding hydrogens is 451 g/mol. The summed E-state index contributed by atoms with van der Waals surface area (Å²) in [4.78, 5) is 49.1. The maximum atomic E-state index is 12.9. The maximum absolute atomic E-state index is 12.9. The Labute approximate surface area is 202 Å². The van der Waals surface area contributed by atoms with Crippen molar-refractivity contribution in [3.63, 3.8) is 0 Å². The average molecular weight is 477 g/mol. The third-order valence-electron chi connectivity index (χ3n) is 5.18. The summed E-state index contributed by atoms with van der Waals surface area (Å²) < 4.78 is 17.9. The van der Waals surface area contributed by atoms with E-state index >= 15 is 0 Å². The van der Waals surface area contributed by atoms with Crippen LogP contribution in [0, 0.1) is 5.82 Å². The molecule has 7 nitrogen and oxygen atoms in total. The summed E-state index contributed by atoms with van der Waals surface area (Å²) >= 11 is 0. The lowest BCUT2D eigenvalue weighted by Crippen LogP contribution is -2.28. The Hall–Kier alpha value is -4.33. The highest BCUT2D eigenvalue weighted by atomic mass is 19.1. The number of ether oxygens (including phenoxy) is 1. The van der Waals surface area contributed by atoms with Gasteiger partial charge in [-0.05, 0) is 48.9 Å². The zero-order valence-corrected chi connectivity index (χ0v) is 19.1. The normalized spacial score (nSPS) is 11.3. The molecule has 1 unspecified atom stereocenters. The predicted molar refractivity (Wildman–Crippen MR) is 128 cm³/mol. The van der Waals surface area contributed by atoms with E-state index < -0.39 is 24.3 Å². The molecule has 0 bridgehead atoms. The quantitative estimate of drug-likeness (QED) is 0.332. The van der Waals surface area contributed by atoms with Crippen LogP contribution in [0.2, 0.25) is 0 Å². The van der Waals surface area contributed by atoms with Gasteiger partial charge < -0.3 is 15.4 Å². The van der Waals surface area contributed by atoms with Gasteiger partial charge in [-0.1, -0.05) is 42.5 Å². The van der Waals surface area contributed by atoms with Gasteiger partial charge in [-0.15, -0.1) is 0 Å². The maximum Gasteiger partial charge on any atom is 0.306 e. The Kier molecular flexibility index (Phi) is 8.83. The second-order valence-corrected chi connectivity index (χ2v) is 7.79. The summed E-state index contributed by atoms with van der Waals surface area (Å²) in [7, 11) is 0. The van der Waals surface area contributed by atoms with Gasteiger partial charge in [-0.2, -0.15) is 0 Å². The van der Waals surface area contributed by atoms with Crippen molar-refractivity contribution in [2.45, 2.75) is 25.8 Å². The first kappa shape index (κ1) is 25.3. The molecule has 8 heteroatoms. The number of benzene rings is 3. The molecule has 3 aromatic rings. The van der Waals surface area contributed by atoms with Crippen molar-refractivity contribution in [2.24, 2.45) is 0 Å². The van der Waals surface area contributed by atoms with Crippen LogP contribution in [0.25, 0.3) is 0 Å². The standard InChI is InChI=1S/C27H25FN2O5/c1-18(19-7-3-2-4-8-19)29-27(34)22-9-5-6-10-23(22)30-25(32)17-35-26(33)16-15-24(31)20-11-13-21(28)14-12-20/h2-14,18H,15-17H2,1H3,(H,29,34)(H,30,32). The molecular formula is C27H25FN2O5. The Morgan fingerprint density at radius 2 is 1.51 bits per heavy atom. The van der Waals surface area contributed by atoms with E-state index in [1.54, 1.807) is 24.3 Å². The zero-order chi connectivity index (χ0) is 25.2. The first-order valence-electron chi connectivity index (χ1n) is 11.0. The molecule has 3 aromatic carbocycles. The average Bonchev–Trinajstić information content (AvgIpc) is 2.87. The summed E-state index contributed by atoms with van der Waals surface area (Å²) in [5.41, 5.74) is 1.76. The van der Waals surface area contributed by atoms with Gasteiger partial charge in [-0.3, -0.25) is 19.2 Å². The first-order chi connectivity index (χ1) is 16.8. The number of carbonyl (C=O) groups is 4. The highest BCUT2D eigenvalue weighted by molar-refractivity contribution is 6.04. The molecule has 0 radical (unpaired) electrons. The smallest absolute Gasteiger partial charge is 0.306 e. The third-order valence-corrected chi connectivity index (χ3v) is 5.18. The number of nitrogens with one attached hydrogen (secondary N) is 2. The Bertz CT molecular complexity index is 1200. The van der Waals surface area contributed by atoms with Crippen LogP contribution in [-0.4, -0.2) is 30.2 Å². The number of hydrogen-bond donors (Lipinski definition) is 2. The number of Topliss-reactive ketones (excluding diaryl/α,β-unsaturated/α-hetero) is 1. The number of esters is 1. The molecule has 180 valence electrons. The third kappa shape index (κ3) is 7.60. The van der Waals surface area contributed by atoms with E-state index in [4.69, 9.17) is 4.74 Å². The van der Waals surface area contributed by atoms with Crippen molar-refractivity contribution >= 4 is 29.3 Å². The molecule has 0 aromatic heterocycles. The summed E-state index contributed by atoms with van der Waals surface area (Å²) in [6.07, 6.45) is -0.353. The van der Waals surface area contributed by atoms with Crippen LogP contribution < -0.4 is 10.6 Å². The van der Waals surface area contributed by atoms with Crippen LogP contribution in [0.1, 0.15) is 52.1 Å². The van der Waals surface area contributed by atoms with Crippen LogP contribution in [0.3, 0.4) is 0 Å². The van der Waals surface area contributed by atoms with E-state index in [1.807, 2.05) is 37.3 Å². The molecule has 0 saturated heterocycles. The van der Waals surface area contributed by atoms with Crippen molar-refractivity contribution < 1.29 is 28.3 Å². The van der Waals surface area contributed by atoms with E-state index in [0.29, 0.717) is 0 Å². The fourth-order valence-electron chi connectivity index (χ4n) is 3.29. The van der Waals surface area contributed by atoms with Crippen molar-refractivity contribution in [1.82, 2.24) is 5.32 Å². The van der Waals surface area contributed by atoms with Crippen molar-refractivity contribution in [3.8, 4) is 0 Å². The Morgan fingerprint density at radius 1 is 0.857 bits per heavy atom. The van der Waals surface area contributed by atoms with E-state index in [0.717, 1.165) is 17.7 Å². The van der Waals surface area contributed by atoms with Crippen LogP contribution in [0.15, 0.2) is 78.9 Å². The summed E-state index contributed by atoms with van der Waals surface area (Å²) in [5, 5.41) is 5.47. The number of ketones is 1. The minimum Gasteiger partial charge on any atom is -0.456 e. The second-order valence-electron chi connectivity index (χ2n) is 7.79. The van der Waals surface area contributed by atoms with E-state index in [-0.39, 0.29) is 47.4 Å². The lowest BCUT2D eigenvalue weighted by Gasteiger charge is -2.16. The summed E-state index contributed by atoms with van der Waals surface area (Å²) in [6, 6.07) is 20.7. The number of rotatable bonds is 10. The predicted octanol–water partition coefficient (Wildman–Crippen LogP) is 4.46.